The van der Waals surface area contributed by atoms with Gasteiger partial charge < -0.3 is 15.0 Å². The molecule has 2 rings (SSSR count). The van der Waals surface area contributed by atoms with Gasteiger partial charge in [0.05, 0.1) is 7.11 Å². The summed E-state index contributed by atoms with van der Waals surface area (Å²) in [6, 6.07) is 12.3. The smallest absolute Gasteiger partial charge is 0.119 e. The zero-order chi connectivity index (χ0) is 12.1. The van der Waals surface area contributed by atoms with Crippen LogP contribution in [0.25, 0.3) is 5.69 Å². The Balaban J connectivity index is 2.23. The van der Waals surface area contributed by atoms with Crippen molar-refractivity contribution in [2.75, 3.05) is 13.7 Å². The number of methoxy groups -OCH3 is 1. The fourth-order valence-corrected chi connectivity index (χ4v) is 1.90. The van der Waals surface area contributed by atoms with Gasteiger partial charge in [-0.15, -0.1) is 0 Å². The van der Waals surface area contributed by atoms with Crippen LogP contribution in [0.2, 0.25) is 0 Å². The summed E-state index contributed by atoms with van der Waals surface area (Å²) in [6.45, 7) is 0.730. The van der Waals surface area contributed by atoms with Crippen LogP contribution in [0, 0.1) is 0 Å². The summed E-state index contributed by atoms with van der Waals surface area (Å²) in [7, 11) is 1.68. The summed E-state index contributed by atoms with van der Waals surface area (Å²) in [5, 5.41) is 0. The first-order chi connectivity index (χ1) is 8.35. The fraction of sp³-hybridized carbons (Fsp3) is 0.286. The fourth-order valence-electron chi connectivity index (χ4n) is 1.90. The van der Waals surface area contributed by atoms with Gasteiger partial charge in [0.2, 0.25) is 0 Å². The minimum atomic E-state index is 0.730. The maximum absolute atomic E-state index is 5.55. The highest BCUT2D eigenvalue weighted by atomic mass is 16.5. The number of nitrogens with zero attached hydrogens (tertiary/aromatic N) is 1. The second-order valence-electron chi connectivity index (χ2n) is 3.96. The van der Waals surface area contributed by atoms with Crippen LogP contribution in [0.5, 0.6) is 5.75 Å². The number of aromatic nitrogens is 1. The van der Waals surface area contributed by atoms with E-state index in [0.29, 0.717) is 0 Å². The Bertz CT molecular complexity index is 459. The molecule has 3 nitrogen and oxygen atoms in total. The molecule has 1 heterocycles. The maximum atomic E-state index is 5.55. The molecule has 17 heavy (non-hydrogen) atoms. The van der Waals surface area contributed by atoms with Crippen LogP contribution in [0.3, 0.4) is 0 Å². The van der Waals surface area contributed by atoms with Crippen LogP contribution in [0.15, 0.2) is 42.6 Å². The van der Waals surface area contributed by atoms with Gasteiger partial charge in [-0.2, -0.15) is 0 Å². The Morgan fingerprint density at radius 2 is 1.94 bits per heavy atom. The standard InChI is InChI=1S/C14H18N2O/c1-17-14-8-6-13(7-9-14)16-11-3-5-12(16)4-2-10-15/h3,5-9,11H,2,4,10,15H2,1H3. The van der Waals surface area contributed by atoms with Crippen LogP contribution in [-0.2, 0) is 6.42 Å². The predicted molar refractivity (Wildman–Crippen MR) is 69.7 cm³/mol. The van der Waals surface area contributed by atoms with Crippen LogP contribution in [0.1, 0.15) is 12.1 Å². The minimum Gasteiger partial charge on any atom is -0.497 e. The third-order valence-electron chi connectivity index (χ3n) is 2.82. The highest BCUT2D eigenvalue weighted by Crippen LogP contribution is 2.17. The van der Waals surface area contributed by atoms with E-state index in [2.05, 4.69) is 35.0 Å². The van der Waals surface area contributed by atoms with Crippen molar-refractivity contribution >= 4 is 0 Å². The molecule has 2 N–H and O–H groups in total. The van der Waals surface area contributed by atoms with Crippen LogP contribution >= 0.6 is 0 Å². The Hall–Kier alpha value is -1.74. The molecule has 0 radical (unpaired) electrons. The molecule has 1 aromatic carbocycles. The summed E-state index contributed by atoms with van der Waals surface area (Å²) in [6.07, 6.45) is 4.10. The zero-order valence-corrected chi connectivity index (χ0v) is 10.1. The van der Waals surface area contributed by atoms with Gasteiger partial charge in [-0.05, 0) is 55.8 Å². The molecule has 0 saturated heterocycles. The molecule has 0 aliphatic heterocycles. The lowest BCUT2D eigenvalue weighted by Gasteiger charge is -2.09. The highest BCUT2D eigenvalue weighted by Gasteiger charge is 2.02. The summed E-state index contributed by atoms with van der Waals surface area (Å²) in [5.41, 5.74) is 7.99. The number of aryl methyl sites for hydroxylation is 1. The molecular weight excluding hydrogens is 212 g/mol. The number of nitrogens with two attached hydrogens (primary N) is 1. The second kappa shape index (κ2) is 5.55. The van der Waals surface area contributed by atoms with E-state index in [0.717, 1.165) is 30.8 Å². The number of ether oxygens (including phenoxy) is 1. The van der Waals surface area contributed by atoms with Crippen molar-refractivity contribution in [1.82, 2.24) is 4.57 Å². The molecular formula is C14H18N2O. The largest absolute Gasteiger partial charge is 0.497 e. The van der Waals surface area contributed by atoms with Crippen molar-refractivity contribution in [3.63, 3.8) is 0 Å². The molecule has 0 spiro atoms. The molecule has 0 unspecified atom stereocenters. The molecule has 0 fully saturated rings. The van der Waals surface area contributed by atoms with Crippen LogP contribution < -0.4 is 10.5 Å². The molecule has 0 bridgehead atoms. The van der Waals surface area contributed by atoms with E-state index >= 15 is 0 Å². The van der Waals surface area contributed by atoms with Crippen molar-refractivity contribution in [2.45, 2.75) is 12.8 Å². The number of hydrogen-bond donors (Lipinski definition) is 1. The molecule has 1 aromatic heterocycles. The second-order valence-corrected chi connectivity index (χ2v) is 3.96. The lowest BCUT2D eigenvalue weighted by Crippen LogP contribution is -2.04. The summed E-state index contributed by atoms with van der Waals surface area (Å²) in [4.78, 5) is 0. The van der Waals surface area contributed by atoms with Crippen molar-refractivity contribution < 1.29 is 4.74 Å². The van der Waals surface area contributed by atoms with E-state index < -0.39 is 0 Å². The third-order valence-corrected chi connectivity index (χ3v) is 2.82. The van der Waals surface area contributed by atoms with Crippen molar-refractivity contribution in [2.24, 2.45) is 5.73 Å². The average molecular weight is 230 g/mol. The van der Waals surface area contributed by atoms with E-state index in [1.54, 1.807) is 7.11 Å². The summed E-state index contributed by atoms with van der Waals surface area (Å²) < 4.78 is 7.35. The molecule has 0 amide bonds. The molecule has 3 heteroatoms. The molecule has 90 valence electrons. The zero-order valence-electron chi connectivity index (χ0n) is 10.1. The normalized spacial score (nSPS) is 10.5. The summed E-state index contributed by atoms with van der Waals surface area (Å²) >= 11 is 0. The summed E-state index contributed by atoms with van der Waals surface area (Å²) in [5.74, 6) is 0.879. The van der Waals surface area contributed by atoms with Crippen molar-refractivity contribution in [3.8, 4) is 11.4 Å². The molecule has 0 saturated carbocycles. The topological polar surface area (TPSA) is 40.2 Å². The molecule has 2 aromatic rings. The lowest BCUT2D eigenvalue weighted by atomic mass is 10.2. The van der Waals surface area contributed by atoms with Gasteiger partial charge in [0, 0.05) is 17.6 Å². The monoisotopic (exact) mass is 230 g/mol. The number of benzene rings is 1. The quantitative estimate of drug-likeness (QED) is 0.856. The average Bonchev–Trinajstić information content (AvgIpc) is 2.84. The number of rotatable bonds is 5. The first-order valence-electron chi connectivity index (χ1n) is 5.86. The molecule has 0 aliphatic rings. The maximum Gasteiger partial charge on any atom is 0.119 e. The highest BCUT2D eigenvalue weighted by molar-refractivity contribution is 5.39. The van der Waals surface area contributed by atoms with Crippen molar-refractivity contribution in [1.29, 1.82) is 0 Å². The Kier molecular flexibility index (Phi) is 3.83. The van der Waals surface area contributed by atoms with Crippen LogP contribution in [-0.4, -0.2) is 18.2 Å². The van der Waals surface area contributed by atoms with Gasteiger partial charge >= 0.3 is 0 Å². The Labute approximate surface area is 102 Å². The first kappa shape index (κ1) is 11.7. The van der Waals surface area contributed by atoms with Gasteiger partial charge in [-0.3, -0.25) is 0 Å². The predicted octanol–water partition coefficient (Wildman–Crippen LogP) is 2.38. The van der Waals surface area contributed by atoms with Gasteiger partial charge in [0.15, 0.2) is 0 Å². The Morgan fingerprint density at radius 3 is 2.59 bits per heavy atom. The van der Waals surface area contributed by atoms with E-state index in [1.165, 1.54) is 5.69 Å². The van der Waals surface area contributed by atoms with E-state index in [4.69, 9.17) is 10.5 Å². The van der Waals surface area contributed by atoms with Crippen LogP contribution in [0.4, 0.5) is 0 Å². The molecule has 0 atom stereocenters. The van der Waals surface area contributed by atoms with E-state index in [-0.39, 0.29) is 0 Å². The first-order valence-corrected chi connectivity index (χ1v) is 5.86. The SMILES string of the molecule is COc1ccc(-n2cccc2CCCN)cc1. The number of hydrogen-bond acceptors (Lipinski definition) is 2. The van der Waals surface area contributed by atoms with E-state index in [9.17, 15) is 0 Å². The van der Waals surface area contributed by atoms with Gasteiger partial charge in [0.1, 0.15) is 5.75 Å². The lowest BCUT2D eigenvalue weighted by molar-refractivity contribution is 0.414. The third kappa shape index (κ3) is 2.68. The van der Waals surface area contributed by atoms with Gasteiger partial charge in [-0.1, -0.05) is 0 Å². The minimum absolute atomic E-state index is 0.730. The van der Waals surface area contributed by atoms with Crippen molar-refractivity contribution in [3.05, 3.63) is 48.3 Å². The van der Waals surface area contributed by atoms with Gasteiger partial charge in [-0.25, -0.2) is 0 Å². The molecule has 0 aliphatic carbocycles. The van der Waals surface area contributed by atoms with Gasteiger partial charge in [0.25, 0.3) is 0 Å². The van der Waals surface area contributed by atoms with E-state index in [1.807, 2.05) is 12.1 Å². The Morgan fingerprint density at radius 1 is 1.18 bits per heavy atom.